The van der Waals surface area contributed by atoms with Crippen molar-refractivity contribution in [2.45, 2.75) is 12.3 Å². The number of hydrogen-bond acceptors (Lipinski definition) is 6. The highest BCUT2D eigenvalue weighted by Gasteiger charge is 2.36. The third-order valence-corrected chi connectivity index (χ3v) is 6.59. The molecule has 0 spiro atoms. The number of carbonyl (C=O) groups is 2. The van der Waals surface area contributed by atoms with E-state index in [0.29, 0.717) is 65.9 Å². The van der Waals surface area contributed by atoms with Crippen LogP contribution in [0.15, 0.2) is 65.7 Å². The first-order valence-corrected chi connectivity index (χ1v) is 12.4. The molecule has 2 aliphatic rings. The molecular weight excluding hydrogens is 487 g/mol. The molecule has 2 heterocycles. The largest absolute Gasteiger partial charge is 0.486 e. The number of aliphatic imine (C=N–C) groups is 1. The highest BCUT2D eigenvalue weighted by Crippen LogP contribution is 2.39. The molecule has 2 amide bonds. The second kappa shape index (κ2) is 10.6. The molecule has 0 saturated heterocycles. The van der Waals surface area contributed by atoms with Crippen LogP contribution >= 0.6 is 0 Å². The lowest BCUT2D eigenvalue weighted by Gasteiger charge is -2.21. The van der Waals surface area contributed by atoms with Crippen LogP contribution in [0.25, 0.3) is 0 Å². The minimum absolute atomic E-state index is 0.0124. The van der Waals surface area contributed by atoms with Gasteiger partial charge in [-0.05, 0) is 74.3 Å². The molecule has 3 aromatic rings. The van der Waals surface area contributed by atoms with E-state index in [1.165, 1.54) is 12.1 Å². The highest BCUT2D eigenvalue weighted by molar-refractivity contribution is 6.24. The van der Waals surface area contributed by atoms with Gasteiger partial charge >= 0.3 is 0 Å². The van der Waals surface area contributed by atoms with Crippen LogP contribution in [0.1, 0.15) is 23.5 Å². The molecule has 0 aromatic heterocycles. The van der Waals surface area contributed by atoms with E-state index < -0.39 is 11.7 Å². The minimum Gasteiger partial charge on any atom is -0.486 e. The zero-order valence-corrected chi connectivity index (χ0v) is 21.5. The number of amides is 2. The standard InChI is InChI=1S/C29H29FN4O4/c1-33(2)13-12-26(35)34(3)21-8-6-20(7-9-21)31-28(18-4-11-24-25(16-18)38-15-14-37-24)27-22-10-5-19(30)17-23(22)32-29(27)36/h4-11,16-17,27H,12-15H2,1-3H3,(H,32,36). The van der Waals surface area contributed by atoms with Gasteiger partial charge in [-0.1, -0.05) is 6.07 Å². The zero-order valence-electron chi connectivity index (χ0n) is 21.5. The van der Waals surface area contributed by atoms with Crippen LogP contribution in [0.4, 0.5) is 21.5 Å². The van der Waals surface area contributed by atoms with Crippen LogP contribution in [-0.2, 0) is 9.59 Å². The van der Waals surface area contributed by atoms with Crippen LogP contribution in [0.5, 0.6) is 11.5 Å². The van der Waals surface area contributed by atoms with Crippen molar-refractivity contribution >= 4 is 34.6 Å². The molecule has 0 saturated carbocycles. The highest BCUT2D eigenvalue weighted by atomic mass is 19.1. The summed E-state index contributed by atoms with van der Waals surface area (Å²) < 4.78 is 25.3. The van der Waals surface area contributed by atoms with Gasteiger partial charge in [-0.25, -0.2) is 4.39 Å². The van der Waals surface area contributed by atoms with E-state index in [9.17, 15) is 14.0 Å². The van der Waals surface area contributed by atoms with Crippen molar-refractivity contribution in [1.29, 1.82) is 0 Å². The van der Waals surface area contributed by atoms with Gasteiger partial charge in [0.2, 0.25) is 11.8 Å². The van der Waals surface area contributed by atoms with Gasteiger partial charge in [-0.3, -0.25) is 14.6 Å². The number of carbonyl (C=O) groups excluding carboxylic acids is 2. The molecule has 1 N–H and O–H groups in total. The Balaban J connectivity index is 1.51. The number of hydrogen-bond donors (Lipinski definition) is 1. The number of anilines is 2. The van der Waals surface area contributed by atoms with Crippen molar-refractivity contribution in [1.82, 2.24) is 4.90 Å². The zero-order chi connectivity index (χ0) is 26.8. The van der Waals surface area contributed by atoms with E-state index in [1.54, 1.807) is 24.1 Å². The van der Waals surface area contributed by atoms with Crippen LogP contribution in [-0.4, -0.2) is 63.3 Å². The van der Waals surface area contributed by atoms with Crippen LogP contribution < -0.4 is 19.7 Å². The number of ether oxygens (including phenoxy) is 2. The molecule has 1 atom stereocenters. The third-order valence-electron chi connectivity index (χ3n) is 6.59. The minimum atomic E-state index is -0.747. The third kappa shape index (κ3) is 5.24. The molecule has 0 bridgehead atoms. The van der Waals surface area contributed by atoms with Crippen molar-refractivity contribution < 1.29 is 23.5 Å². The first-order chi connectivity index (χ1) is 18.3. The Morgan fingerprint density at radius 3 is 2.47 bits per heavy atom. The van der Waals surface area contributed by atoms with Crippen molar-refractivity contribution in [3.05, 3.63) is 77.6 Å². The summed E-state index contributed by atoms with van der Waals surface area (Å²) in [7, 11) is 5.60. The van der Waals surface area contributed by atoms with Gasteiger partial charge < -0.3 is 24.6 Å². The number of benzene rings is 3. The molecule has 1 unspecified atom stereocenters. The number of rotatable bonds is 7. The second-order valence-corrected chi connectivity index (χ2v) is 9.53. The van der Waals surface area contributed by atoms with Crippen LogP contribution in [0.2, 0.25) is 0 Å². The maximum atomic E-state index is 13.9. The lowest BCUT2D eigenvalue weighted by atomic mass is 9.90. The van der Waals surface area contributed by atoms with Crippen molar-refractivity contribution in [3.63, 3.8) is 0 Å². The first-order valence-electron chi connectivity index (χ1n) is 12.4. The van der Waals surface area contributed by atoms with Gasteiger partial charge in [0.25, 0.3) is 0 Å². The molecule has 38 heavy (non-hydrogen) atoms. The normalized spacial score (nSPS) is 16.3. The maximum Gasteiger partial charge on any atom is 0.238 e. The average molecular weight is 517 g/mol. The SMILES string of the molecule is CN(C)CCC(=O)N(C)c1ccc(N=C(c2ccc3c(c2)OCCO3)C2C(=O)Nc3cc(F)ccc32)cc1. The van der Waals surface area contributed by atoms with Crippen molar-refractivity contribution in [3.8, 4) is 11.5 Å². The Hall–Kier alpha value is -4.24. The molecule has 5 rings (SSSR count). The van der Waals surface area contributed by atoms with E-state index in [-0.39, 0.29) is 11.8 Å². The molecule has 0 radical (unpaired) electrons. The Labute approximate surface area is 220 Å². The molecule has 9 heteroatoms. The van der Waals surface area contributed by atoms with Gasteiger partial charge in [-0.2, -0.15) is 0 Å². The van der Waals surface area contributed by atoms with Crippen LogP contribution in [0.3, 0.4) is 0 Å². The summed E-state index contributed by atoms with van der Waals surface area (Å²) in [6.07, 6.45) is 0.411. The Kier molecular flexibility index (Phi) is 7.11. The summed E-state index contributed by atoms with van der Waals surface area (Å²) in [6, 6.07) is 17.0. The average Bonchev–Trinajstić information content (AvgIpc) is 3.24. The van der Waals surface area contributed by atoms with E-state index in [4.69, 9.17) is 14.5 Å². The number of nitrogens with one attached hydrogen (secondary N) is 1. The molecule has 0 aliphatic carbocycles. The lowest BCUT2D eigenvalue weighted by Crippen LogP contribution is -2.29. The van der Waals surface area contributed by atoms with E-state index in [2.05, 4.69) is 5.32 Å². The van der Waals surface area contributed by atoms with Gasteiger partial charge in [0.05, 0.1) is 11.4 Å². The first kappa shape index (κ1) is 25.4. The molecule has 0 fully saturated rings. The van der Waals surface area contributed by atoms with E-state index in [0.717, 1.165) is 5.69 Å². The van der Waals surface area contributed by atoms with Gasteiger partial charge in [0.15, 0.2) is 11.5 Å². The smallest absolute Gasteiger partial charge is 0.238 e. The summed E-state index contributed by atoms with van der Waals surface area (Å²) in [5.41, 5.74) is 3.61. The summed E-state index contributed by atoms with van der Waals surface area (Å²) in [5.74, 6) is -0.248. The number of fused-ring (bicyclic) bond motifs is 2. The molecule has 3 aromatic carbocycles. The van der Waals surface area contributed by atoms with Gasteiger partial charge in [0.1, 0.15) is 24.9 Å². The van der Waals surface area contributed by atoms with Crippen molar-refractivity contribution in [2.24, 2.45) is 4.99 Å². The van der Waals surface area contributed by atoms with Gasteiger partial charge in [0, 0.05) is 37.0 Å². The number of nitrogens with zero attached hydrogens (tertiary/aromatic N) is 3. The van der Waals surface area contributed by atoms with E-state index in [1.807, 2.05) is 55.4 Å². The van der Waals surface area contributed by atoms with Crippen molar-refractivity contribution in [2.75, 3.05) is 51.1 Å². The second-order valence-electron chi connectivity index (χ2n) is 9.53. The fourth-order valence-electron chi connectivity index (χ4n) is 4.53. The molecule has 8 nitrogen and oxygen atoms in total. The Bertz CT molecular complexity index is 1400. The Morgan fingerprint density at radius 1 is 1.00 bits per heavy atom. The predicted octanol–water partition coefficient (Wildman–Crippen LogP) is 4.37. The fraction of sp³-hybridized carbons (Fsp3) is 0.276. The number of halogens is 1. The summed E-state index contributed by atoms with van der Waals surface area (Å²) in [5, 5.41) is 2.78. The summed E-state index contributed by atoms with van der Waals surface area (Å²) in [4.78, 5) is 34.2. The molecule has 196 valence electrons. The predicted molar refractivity (Wildman–Crippen MR) is 144 cm³/mol. The Morgan fingerprint density at radius 2 is 1.74 bits per heavy atom. The quantitative estimate of drug-likeness (QED) is 0.472. The molecule has 2 aliphatic heterocycles. The monoisotopic (exact) mass is 516 g/mol. The van der Waals surface area contributed by atoms with Crippen LogP contribution in [0, 0.1) is 5.82 Å². The summed E-state index contributed by atoms with van der Waals surface area (Å²) >= 11 is 0. The molecular formula is C29H29FN4O4. The van der Waals surface area contributed by atoms with Gasteiger partial charge in [-0.15, -0.1) is 0 Å². The summed E-state index contributed by atoms with van der Waals surface area (Å²) in [6.45, 7) is 1.56. The fourth-order valence-corrected chi connectivity index (χ4v) is 4.53. The van der Waals surface area contributed by atoms with E-state index >= 15 is 0 Å². The lowest BCUT2D eigenvalue weighted by molar-refractivity contribution is -0.118. The maximum absolute atomic E-state index is 13.9. The topological polar surface area (TPSA) is 83.5 Å².